The smallest absolute Gasteiger partial charge is 0.254 e. The van der Waals surface area contributed by atoms with Gasteiger partial charge in [-0.1, -0.05) is 37.3 Å². The molecule has 3 heterocycles. The van der Waals surface area contributed by atoms with Crippen LogP contribution in [0.4, 0.5) is 0 Å². The predicted octanol–water partition coefficient (Wildman–Crippen LogP) is 5.07. The first kappa shape index (κ1) is 19.3. The van der Waals surface area contributed by atoms with E-state index in [-0.39, 0.29) is 5.91 Å². The molecule has 1 amide bonds. The third-order valence-corrected chi connectivity index (χ3v) is 6.66. The number of likely N-dealkylation sites (tertiary alicyclic amines) is 1. The van der Waals surface area contributed by atoms with Gasteiger partial charge < -0.3 is 4.90 Å². The minimum atomic E-state index is 0.165. The Hall–Kier alpha value is -2.69. The van der Waals surface area contributed by atoms with E-state index in [1.165, 1.54) is 24.8 Å². The molecule has 30 heavy (non-hydrogen) atoms. The number of hydrogen-bond acceptors (Lipinski definition) is 3. The van der Waals surface area contributed by atoms with Crippen LogP contribution in [0.25, 0.3) is 11.0 Å². The first-order valence-electron chi connectivity index (χ1n) is 11.4. The number of pyridine rings is 1. The molecular weight excluding hydrogens is 372 g/mol. The van der Waals surface area contributed by atoms with Gasteiger partial charge in [0.15, 0.2) is 5.65 Å². The van der Waals surface area contributed by atoms with E-state index in [1.54, 1.807) is 0 Å². The molecule has 1 aliphatic carbocycles. The van der Waals surface area contributed by atoms with Crippen molar-refractivity contribution in [1.29, 1.82) is 0 Å². The molecule has 5 heteroatoms. The molecule has 1 aliphatic heterocycles. The molecule has 0 unspecified atom stereocenters. The highest BCUT2D eigenvalue weighted by Crippen LogP contribution is 2.41. The summed E-state index contributed by atoms with van der Waals surface area (Å²) < 4.78 is 1.98. The zero-order valence-electron chi connectivity index (χ0n) is 18.0. The van der Waals surface area contributed by atoms with Gasteiger partial charge in [0, 0.05) is 24.2 Å². The molecule has 2 aromatic heterocycles. The molecular formula is C25H30N4O. The first-order valence-corrected chi connectivity index (χ1v) is 11.4. The molecule has 1 atom stereocenters. The van der Waals surface area contributed by atoms with Crippen LogP contribution in [0.2, 0.25) is 0 Å². The van der Waals surface area contributed by atoms with E-state index in [2.05, 4.69) is 30.0 Å². The van der Waals surface area contributed by atoms with Gasteiger partial charge in [-0.2, -0.15) is 5.10 Å². The van der Waals surface area contributed by atoms with Crippen LogP contribution in [-0.2, 0) is 6.54 Å². The van der Waals surface area contributed by atoms with E-state index < -0.39 is 0 Å². The number of piperidine rings is 1. The number of aryl methyl sites for hydroxylation is 1. The maximum absolute atomic E-state index is 13.8. The Bertz CT molecular complexity index is 1070. The molecule has 5 nitrogen and oxygen atoms in total. The highest BCUT2D eigenvalue weighted by atomic mass is 16.2. The lowest BCUT2D eigenvalue weighted by atomic mass is 9.97. The van der Waals surface area contributed by atoms with Crippen molar-refractivity contribution >= 4 is 16.9 Å². The molecule has 1 aromatic carbocycles. The average Bonchev–Trinajstić information content (AvgIpc) is 3.59. The van der Waals surface area contributed by atoms with Crippen LogP contribution < -0.4 is 0 Å². The van der Waals surface area contributed by atoms with Gasteiger partial charge in [0.05, 0.1) is 23.2 Å². The van der Waals surface area contributed by atoms with Crippen LogP contribution in [0.15, 0.2) is 36.4 Å². The fraction of sp³-hybridized carbons (Fsp3) is 0.480. The van der Waals surface area contributed by atoms with Gasteiger partial charge in [-0.15, -0.1) is 0 Å². The van der Waals surface area contributed by atoms with Crippen LogP contribution in [0.3, 0.4) is 0 Å². The average molecular weight is 403 g/mol. The minimum absolute atomic E-state index is 0.165. The van der Waals surface area contributed by atoms with Crippen molar-refractivity contribution in [2.24, 2.45) is 0 Å². The second kappa shape index (κ2) is 7.86. The largest absolute Gasteiger partial charge is 0.336 e. The minimum Gasteiger partial charge on any atom is -0.336 e. The normalized spacial score (nSPS) is 19.4. The maximum atomic E-state index is 13.8. The van der Waals surface area contributed by atoms with Gasteiger partial charge in [0.2, 0.25) is 0 Å². The summed E-state index contributed by atoms with van der Waals surface area (Å²) >= 11 is 0. The van der Waals surface area contributed by atoms with Crippen LogP contribution >= 0.6 is 0 Å². The summed E-state index contributed by atoms with van der Waals surface area (Å²) in [5.74, 6) is 0.655. The Morgan fingerprint density at radius 3 is 2.67 bits per heavy atom. The third kappa shape index (κ3) is 3.51. The molecule has 0 spiro atoms. The Kier molecular flexibility index (Phi) is 5.05. The number of carbonyl (C=O) groups is 1. The Balaban J connectivity index is 1.61. The zero-order valence-corrected chi connectivity index (χ0v) is 18.0. The molecule has 2 aliphatic rings. The standard InChI is InChI=1S/C25H30N4O/c1-3-20-11-7-8-14-28(20)25(30)21-15-22(19-12-13-19)26-24-23(21)17(2)27-29(24)16-18-9-5-4-6-10-18/h4-6,9-10,15,19-20H,3,7-8,11-14,16H2,1-2H3/t20-/m0/s1. The second-order valence-corrected chi connectivity index (χ2v) is 8.85. The predicted molar refractivity (Wildman–Crippen MR) is 119 cm³/mol. The fourth-order valence-electron chi connectivity index (χ4n) is 4.84. The number of rotatable bonds is 5. The van der Waals surface area contributed by atoms with Gasteiger partial charge in [0.25, 0.3) is 5.91 Å². The Morgan fingerprint density at radius 2 is 1.93 bits per heavy atom. The summed E-state index contributed by atoms with van der Waals surface area (Å²) in [5, 5.41) is 5.75. The molecule has 0 bridgehead atoms. The summed E-state index contributed by atoms with van der Waals surface area (Å²) in [6.45, 7) is 5.72. The number of hydrogen-bond donors (Lipinski definition) is 0. The molecule has 1 saturated carbocycles. The van der Waals surface area contributed by atoms with E-state index in [0.717, 1.165) is 53.8 Å². The van der Waals surface area contributed by atoms with E-state index in [4.69, 9.17) is 10.1 Å². The molecule has 156 valence electrons. The molecule has 2 fully saturated rings. The molecule has 0 N–H and O–H groups in total. The van der Waals surface area contributed by atoms with Crippen molar-refractivity contribution in [2.75, 3.05) is 6.54 Å². The van der Waals surface area contributed by atoms with Gasteiger partial charge in [-0.05, 0) is 57.1 Å². The number of amides is 1. The van der Waals surface area contributed by atoms with Crippen LogP contribution in [0.5, 0.6) is 0 Å². The molecule has 1 saturated heterocycles. The number of aromatic nitrogens is 3. The highest BCUT2D eigenvalue weighted by Gasteiger charge is 2.32. The van der Waals surface area contributed by atoms with Crippen molar-refractivity contribution in [2.45, 2.75) is 70.9 Å². The summed E-state index contributed by atoms with van der Waals surface area (Å²) in [5.41, 5.74) is 4.80. The van der Waals surface area contributed by atoms with E-state index in [0.29, 0.717) is 18.5 Å². The monoisotopic (exact) mass is 402 g/mol. The summed E-state index contributed by atoms with van der Waals surface area (Å²) in [4.78, 5) is 20.9. The molecule has 0 radical (unpaired) electrons. The maximum Gasteiger partial charge on any atom is 0.254 e. The number of fused-ring (bicyclic) bond motifs is 1. The van der Waals surface area contributed by atoms with Crippen LogP contribution in [-0.4, -0.2) is 38.2 Å². The van der Waals surface area contributed by atoms with Gasteiger partial charge in [-0.3, -0.25) is 4.79 Å². The fourth-order valence-corrected chi connectivity index (χ4v) is 4.84. The topological polar surface area (TPSA) is 51.0 Å². The number of benzene rings is 1. The summed E-state index contributed by atoms with van der Waals surface area (Å²) in [6, 6.07) is 12.8. The van der Waals surface area contributed by atoms with Crippen molar-refractivity contribution in [3.05, 3.63) is 58.9 Å². The van der Waals surface area contributed by atoms with Crippen molar-refractivity contribution in [1.82, 2.24) is 19.7 Å². The SMILES string of the molecule is CC[C@H]1CCCCN1C(=O)c1cc(C2CC2)nc2c1c(C)nn2Cc1ccccc1. The number of carbonyl (C=O) groups excluding carboxylic acids is 1. The van der Waals surface area contributed by atoms with E-state index in [9.17, 15) is 4.79 Å². The second-order valence-electron chi connectivity index (χ2n) is 8.85. The Morgan fingerprint density at radius 1 is 1.13 bits per heavy atom. The lowest BCUT2D eigenvalue weighted by molar-refractivity contribution is 0.0610. The number of nitrogens with zero attached hydrogens (tertiary/aromatic N) is 4. The van der Waals surface area contributed by atoms with Gasteiger partial charge in [-0.25, -0.2) is 9.67 Å². The van der Waals surface area contributed by atoms with Crippen molar-refractivity contribution in [3.63, 3.8) is 0 Å². The first-order chi connectivity index (χ1) is 14.7. The van der Waals surface area contributed by atoms with Gasteiger partial charge >= 0.3 is 0 Å². The molecule has 5 rings (SSSR count). The van der Waals surface area contributed by atoms with E-state index >= 15 is 0 Å². The van der Waals surface area contributed by atoms with E-state index in [1.807, 2.05) is 29.8 Å². The lowest BCUT2D eigenvalue weighted by Gasteiger charge is -2.35. The lowest BCUT2D eigenvalue weighted by Crippen LogP contribution is -2.43. The summed E-state index contributed by atoms with van der Waals surface area (Å²) in [7, 11) is 0. The van der Waals surface area contributed by atoms with Gasteiger partial charge in [0.1, 0.15) is 0 Å². The van der Waals surface area contributed by atoms with Crippen molar-refractivity contribution < 1.29 is 4.79 Å². The van der Waals surface area contributed by atoms with Crippen molar-refractivity contribution in [3.8, 4) is 0 Å². The van der Waals surface area contributed by atoms with Crippen LogP contribution in [0.1, 0.15) is 78.7 Å². The third-order valence-electron chi connectivity index (χ3n) is 6.66. The summed E-state index contributed by atoms with van der Waals surface area (Å²) in [6.07, 6.45) is 6.77. The zero-order chi connectivity index (χ0) is 20.7. The molecule has 3 aromatic rings. The van der Waals surface area contributed by atoms with Crippen LogP contribution in [0, 0.1) is 6.92 Å². The highest BCUT2D eigenvalue weighted by molar-refractivity contribution is 6.06. The Labute approximate surface area is 178 Å². The quantitative estimate of drug-likeness (QED) is 0.599.